The van der Waals surface area contributed by atoms with Gasteiger partial charge in [-0.25, -0.2) is 13.4 Å². The van der Waals surface area contributed by atoms with Crippen molar-refractivity contribution in [2.24, 2.45) is 0 Å². The van der Waals surface area contributed by atoms with E-state index in [0.717, 1.165) is 17.6 Å². The third kappa shape index (κ3) is 3.38. The molecule has 3 rings (SSSR count). The number of hydrogen-bond donors (Lipinski definition) is 1. The molecule has 2 aromatic heterocycles. The van der Waals surface area contributed by atoms with Crippen LogP contribution in [0.4, 0.5) is 5.69 Å². The number of methoxy groups -OCH3 is 1. The summed E-state index contributed by atoms with van der Waals surface area (Å²) in [5.41, 5.74) is 1.90. The SMILES string of the molecule is COc1cc(-n2ccnc2-c2ccccn2)ccc1NS(C)(=O)=O. The lowest BCUT2D eigenvalue weighted by Crippen LogP contribution is -2.10. The van der Waals surface area contributed by atoms with Crippen molar-refractivity contribution in [2.45, 2.75) is 0 Å². The molecule has 0 saturated heterocycles. The molecular weight excluding hydrogens is 328 g/mol. The van der Waals surface area contributed by atoms with E-state index in [1.54, 1.807) is 30.6 Å². The number of rotatable bonds is 5. The molecule has 7 nitrogen and oxygen atoms in total. The molecule has 0 amide bonds. The van der Waals surface area contributed by atoms with Crippen molar-refractivity contribution in [1.29, 1.82) is 0 Å². The first-order chi connectivity index (χ1) is 11.5. The van der Waals surface area contributed by atoms with E-state index < -0.39 is 10.0 Å². The van der Waals surface area contributed by atoms with Gasteiger partial charge in [-0.05, 0) is 24.3 Å². The molecule has 0 aliphatic heterocycles. The summed E-state index contributed by atoms with van der Waals surface area (Å²) in [7, 11) is -1.90. The number of hydrogen-bond acceptors (Lipinski definition) is 5. The quantitative estimate of drug-likeness (QED) is 0.767. The zero-order valence-electron chi connectivity index (χ0n) is 13.2. The highest BCUT2D eigenvalue weighted by molar-refractivity contribution is 7.92. The predicted octanol–water partition coefficient (Wildman–Crippen LogP) is 2.31. The fourth-order valence-electron chi connectivity index (χ4n) is 2.31. The van der Waals surface area contributed by atoms with Crippen molar-refractivity contribution in [3.63, 3.8) is 0 Å². The summed E-state index contributed by atoms with van der Waals surface area (Å²) in [6.07, 6.45) is 6.28. The zero-order chi connectivity index (χ0) is 17.2. The van der Waals surface area contributed by atoms with E-state index in [-0.39, 0.29) is 0 Å². The second-order valence-electron chi connectivity index (χ2n) is 5.09. The van der Waals surface area contributed by atoms with Gasteiger partial charge in [0.25, 0.3) is 0 Å². The van der Waals surface area contributed by atoms with Gasteiger partial charge in [-0.3, -0.25) is 14.3 Å². The Bertz CT molecular complexity index is 952. The number of sulfonamides is 1. The molecular formula is C16H16N4O3S. The molecule has 124 valence electrons. The van der Waals surface area contributed by atoms with Crippen LogP contribution >= 0.6 is 0 Å². The highest BCUT2D eigenvalue weighted by atomic mass is 32.2. The lowest BCUT2D eigenvalue weighted by atomic mass is 10.2. The van der Waals surface area contributed by atoms with E-state index in [9.17, 15) is 8.42 Å². The number of aromatic nitrogens is 3. The van der Waals surface area contributed by atoms with Gasteiger partial charge in [0.1, 0.15) is 11.4 Å². The number of nitrogens with zero attached hydrogens (tertiary/aromatic N) is 3. The number of benzene rings is 1. The Kier molecular flexibility index (Phi) is 4.22. The Hall–Kier alpha value is -2.87. The van der Waals surface area contributed by atoms with Crippen LogP contribution in [0.15, 0.2) is 55.0 Å². The van der Waals surface area contributed by atoms with E-state index in [4.69, 9.17) is 4.74 Å². The fourth-order valence-corrected chi connectivity index (χ4v) is 2.88. The molecule has 0 aliphatic carbocycles. The number of pyridine rings is 1. The van der Waals surface area contributed by atoms with Crippen molar-refractivity contribution in [2.75, 3.05) is 18.1 Å². The molecule has 0 atom stereocenters. The van der Waals surface area contributed by atoms with E-state index in [2.05, 4.69) is 14.7 Å². The molecule has 0 saturated carbocycles. The number of imidazole rings is 1. The van der Waals surface area contributed by atoms with Gasteiger partial charge in [0, 0.05) is 24.7 Å². The molecule has 0 unspecified atom stereocenters. The second-order valence-corrected chi connectivity index (χ2v) is 6.84. The van der Waals surface area contributed by atoms with Crippen LogP contribution in [0, 0.1) is 0 Å². The van der Waals surface area contributed by atoms with Gasteiger partial charge in [0.2, 0.25) is 10.0 Å². The summed E-state index contributed by atoms with van der Waals surface area (Å²) < 4.78 is 32.4. The average Bonchev–Trinajstić information content (AvgIpc) is 3.04. The zero-order valence-corrected chi connectivity index (χ0v) is 14.0. The van der Waals surface area contributed by atoms with Crippen molar-refractivity contribution in [3.8, 4) is 23.0 Å². The molecule has 3 aromatic rings. The van der Waals surface area contributed by atoms with Gasteiger partial charge < -0.3 is 4.74 Å². The Morgan fingerprint density at radius 2 is 1.96 bits per heavy atom. The first kappa shape index (κ1) is 16.0. The van der Waals surface area contributed by atoms with Crippen molar-refractivity contribution in [1.82, 2.24) is 14.5 Å². The Balaban J connectivity index is 2.04. The van der Waals surface area contributed by atoms with Crippen molar-refractivity contribution >= 4 is 15.7 Å². The summed E-state index contributed by atoms with van der Waals surface area (Å²) in [5.74, 6) is 1.10. The Morgan fingerprint density at radius 1 is 1.12 bits per heavy atom. The van der Waals surface area contributed by atoms with Crippen LogP contribution < -0.4 is 9.46 Å². The number of nitrogens with one attached hydrogen (secondary N) is 1. The van der Waals surface area contributed by atoms with Crippen LogP contribution in [-0.2, 0) is 10.0 Å². The minimum atomic E-state index is -3.39. The van der Waals surface area contributed by atoms with Gasteiger partial charge in [-0.15, -0.1) is 0 Å². The molecule has 24 heavy (non-hydrogen) atoms. The van der Waals surface area contributed by atoms with Crippen LogP contribution in [0.5, 0.6) is 5.75 Å². The fraction of sp³-hybridized carbons (Fsp3) is 0.125. The summed E-state index contributed by atoms with van der Waals surface area (Å²) in [6, 6.07) is 10.8. The first-order valence-corrected chi connectivity index (χ1v) is 8.98. The highest BCUT2D eigenvalue weighted by Gasteiger charge is 2.13. The van der Waals surface area contributed by atoms with Gasteiger partial charge in [0.15, 0.2) is 5.82 Å². The lowest BCUT2D eigenvalue weighted by molar-refractivity contribution is 0.416. The molecule has 0 spiro atoms. The average molecular weight is 344 g/mol. The van der Waals surface area contributed by atoms with E-state index in [0.29, 0.717) is 17.3 Å². The molecule has 0 bridgehead atoms. The van der Waals surface area contributed by atoms with Crippen LogP contribution in [0.25, 0.3) is 17.2 Å². The standard InChI is InChI=1S/C16H16N4O3S/c1-23-15-11-12(6-7-13(15)19-24(2,21)22)20-10-9-18-16(20)14-5-3-4-8-17-14/h3-11,19H,1-2H3. The van der Waals surface area contributed by atoms with E-state index in [1.807, 2.05) is 29.0 Å². The molecule has 0 fully saturated rings. The molecule has 1 N–H and O–H groups in total. The summed E-state index contributed by atoms with van der Waals surface area (Å²) in [5, 5.41) is 0. The summed E-state index contributed by atoms with van der Waals surface area (Å²) in [4.78, 5) is 8.66. The van der Waals surface area contributed by atoms with Crippen molar-refractivity contribution < 1.29 is 13.2 Å². The van der Waals surface area contributed by atoms with Crippen molar-refractivity contribution in [3.05, 3.63) is 55.0 Å². The smallest absolute Gasteiger partial charge is 0.229 e. The molecule has 1 aromatic carbocycles. The maximum Gasteiger partial charge on any atom is 0.229 e. The normalized spacial score (nSPS) is 11.2. The highest BCUT2D eigenvalue weighted by Crippen LogP contribution is 2.29. The predicted molar refractivity (Wildman–Crippen MR) is 91.8 cm³/mol. The molecule has 0 aliphatic rings. The minimum Gasteiger partial charge on any atom is -0.494 e. The molecule has 8 heteroatoms. The van der Waals surface area contributed by atoms with Crippen LogP contribution in [0.3, 0.4) is 0 Å². The first-order valence-electron chi connectivity index (χ1n) is 7.09. The Morgan fingerprint density at radius 3 is 2.62 bits per heavy atom. The summed E-state index contributed by atoms with van der Waals surface area (Å²) >= 11 is 0. The van der Waals surface area contributed by atoms with Crippen LogP contribution in [0.2, 0.25) is 0 Å². The van der Waals surface area contributed by atoms with Gasteiger partial charge in [-0.2, -0.15) is 0 Å². The lowest BCUT2D eigenvalue weighted by Gasteiger charge is -2.13. The monoisotopic (exact) mass is 344 g/mol. The third-order valence-electron chi connectivity index (χ3n) is 3.29. The van der Waals surface area contributed by atoms with Gasteiger partial charge in [0.05, 0.1) is 24.7 Å². The topological polar surface area (TPSA) is 86.1 Å². The summed E-state index contributed by atoms with van der Waals surface area (Å²) in [6.45, 7) is 0. The van der Waals surface area contributed by atoms with Gasteiger partial charge >= 0.3 is 0 Å². The minimum absolute atomic E-state index is 0.378. The van der Waals surface area contributed by atoms with Crippen LogP contribution in [-0.4, -0.2) is 36.3 Å². The number of ether oxygens (including phenoxy) is 1. The maximum atomic E-state index is 11.4. The molecule has 2 heterocycles. The molecule has 0 radical (unpaired) electrons. The third-order valence-corrected chi connectivity index (χ3v) is 3.88. The van der Waals surface area contributed by atoms with Gasteiger partial charge in [-0.1, -0.05) is 6.07 Å². The Labute approximate surface area is 140 Å². The van der Waals surface area contributed by atoms with Crippen LogP contribution in [0.1, 0.15) is 0 Å². The number of anilines is 1. The largest absolute Gasteiger partial charge is 0.494 e. The van der Waals surface area contributed by atoms with E-state index in [1.165, 1.54) is 7.11 Å². The maximum absolute atomic E-state index is 11.4. The second kappa shape index (κ2) is 6.32. The van der Waals surface area contributed by atoms with E-state index >= 15 is 0 Å².